The third-order valence-electron chi connectivity index (χ3n) is 5.02. The molecule has 0 saturated carbocycles. The van der Waals surface area contributed by atoms with E-state index in [9.17, 15) is 4.79 Å². The smallest absolute Gasteiger partial charge is 0.275 e. The molecule has 2 heterocycles. The number of hydrogen-bond donors (Lipinski definition) is 2. The van der Waals surface area contributed by atoms with Gasteiger partial charge >= 0.3 is 0 Å². The van der Waals surface area contributed by atoms with E-state index >= 15 is 0 Å². The Kier molecular flexibility index (Phi) is 5.65. The van der Waals surface area contributed by atoms with Crippen molar-refractivity contribution >= 4 is 22.9 Å². The number of methoxy groups -OCH3 is 1. The fraction of sp³-hybridized carbons (Fsp3) is 0.0400. The van der Waals surface area contributed by atoms with Crippen molar-refractivity contribution in [1.29, 1.82) is 0 Å². The number of H-pyrrole nitrogens is 1. The zero-order valence-electron chi connectivity index (χ0n) is 17.6. The second-order valence-corrected chi connectivity index (χ2v) is 8.00. The van der Waals surface area contributed by atoms with Gasteiger partial charge in [0.2, 0.25) is 0 Å². The molecular weight excluding hydrogens is 434 g/mol. The van der Waals surface area contributed by atoms with Crippen LogP contribution in [0.3, 0.4) is 0 Å². The Bertz CT molecular complexity index is 1390. The molecule has 2 N–H and O–H groups in total. The first-order valence-corrected chi connectivity index (χ1v) is 11.1. The first-order chi connectivity index (χ1) is 16.2. The van der Waals surface area contributed by atoms with Crippen LogP contribution in [0.15, 0.2) is 84.2 Å². The van der Waals surface area contributed by atoms with E-state index in [1.807, 2.05) is 78.9 Å². The Labute approximate surface area is 194 Å². The van der Waals surface area contributed by atoms with Crippen molar-refractivity contribution in [2.75, 3.05) is 12.4 Å². The predicted molar refractivity (Wildman–Crippen MR) is 129 cm³/mol. The van der Waals surface area contributed by atoms with Crippen LogP contribution in [0.5, 0.6) is 5.75 Å². The number of carbonyl (C=O) groups is 1. The highest BCUT2D eigenvalue weighted by molar-refractivity contribution is 7.13. The van der Waals surface area contributed by atoms with Gasteiger partial charge in [-0.05, 0) is 36.4 Å². The van der Waals surface area contributed by atoms with Gasteiger partial charge in [-0.3, -0.25) is 9.89 Å². The summed E-state index contributed by atoms with van der Waals surface area (Å²) in [5, 5.41) is 12.8. The van der Waals surface area contributed by atoms with Crippen molar-refractivity contribution in [2.24, 2.45) is 0 Å². The van der Waals surface area contributed by atoms with E-state index < -0.39 is 0 Å². The minimum atomic E-state index is -0.291. The standard InChI is InChI=1S/C25H19N5O2S/c1-32-18-13-11-17(12-14-18)25-27-21(15-33-25)24(31)26-20-10-6-5-9-19(20)23-28-22(29-30-23)16-7-3-2-4-8-16/h2-15H,1H3,(H,26,31)(H,28,29,30). The summed E-state index contributed by atoms with van der Waals surface area (Å²) in [6.45, 7) is 0. The quantitative estimate of drug-likeness (QED) is 0.353. The molecule has 8 heteroatoms. The summed E-state index contributed by atoms with van der Waals surface area (Å²) in [7, 11) is 1.62. The van der Waals surface area contributed by atoms with Gasteiger partial charge in [-0.2, -0.15) is 5.10 Å². The molecule has 0 aliphatic carbocycles. The van der Waals surface area contributed by atoms with Crippen LogP contribution >= 0.6 is 11.3 Å². The van der Waals surface area contributed by atoms with E-state index in [0.717, 1.165) is 27.4 Å². The zero-order valence-corrected chi connectivity index (χ0v) is 18.5. The van der Waals surface area contributed by atoms with Crippen molar-refractivity contribution in [3.05, 3.63) is 89.9 Å². The number of nitrogens with one attached hydrogen (secondary N) is 2. The van der Waals surface area contributed by atoms with E-state index in [2.05, 4.69) is 25.5 Å². The summed E-state index contributed by atoms with van der Waals surface area (Å²) < 4.78 is 5.20. The molecule has 0 aliphatic rings. The number of carbonyl (C=O) groups excluding carboxylic acids is 1. The second kappa shape index (κ2) is 9.05. The Balaban J connectivity index is 1.37. The van der Waals surface area contributed by atoms with Crippen LogP contribution in [0.4, 0.5) is 5.69 Å². The van der Waals surface area contributed by atoms with E-state index in [1.54, 1.807) is 12.5 Å². The number of aromatic nitrogens is 4. The zero-order chi connectivity index (χ0) is 22.6. The van der Waals surface area contributed by atoms with E-state index in [1.165, 1.54) is 11.3 Å². The fourth-order valence-corrected chi connectivity index (χ4v) is 4.13. The lowest BCUT2D eigenvalue weighted by molar-refractivity contribution is 0.102. The van der Waals surface area contributed by atoms with Crippen LogP contribution in [0.2, 0.25) is 0 Å². The lowest BCUT2D eigenvalue weighted by atomic mass is 10.1. The maximum absolute atomic E-state index is 12.9. The van der Waals surface area contributed by atoms with Crippen LogP contribution in [-0.4, -0.2) is 33.2 Å². The van der Waals surface area contributed by atoms with Gasteiger partial charge in [-0.25, -0.2) is 9.97 Å². The highest BCUT2D eigenvalue weighted by atomic mass is 32.1. The molecule has 0 unspecified atom stereocenters. The number of hydrogen-bond acceptors (Lipinski definition) is 6. The van der Waals surface area contributed by atoms with Crippen LogP contribution in [0, 0.1) is 0 Å². The van der Waals surface area contributed by atoms with Crippen molar-refractivity contribution in [2.45, 2.75) is 0 Å². The second-order valence-electron chi connectivity index (χ2n) is 7.14. The summed E-state index contributed by atoms with van der Waals surface area (Å²) in [4.78, 5) is 22.1. The monoisotopic (exact) mass is 453 g/mol. The van der Waals surface area contributed by atoms with Gasteiger partial charge in [-0.15, -0.1) is 11.3 Å². The summed E-state index contributed by atoms with van der Waals surface area (Å²) in [5.41, 5.74) is 3.55. The molecule has 0 aliphatic heterocycles. The molecule has 0 spiro atoms. The highest BCUT2D eigenvalue weighted by Gasteiger charge is 2.16. The Morgan fingerprint density at radius 1 is 0.909 bits per heavy atom. The van der Waals surface area contributed by atoms with Gasteiger partial charge in [0.1, 0.15) is 16.5 Å². The maximum Gasteiger partial charge on any atom is 0.275 e. The minimum absolute atomic E-state index is 0.291. The predicted octanol–water partition coefficient (Wildman–Crippen LogP) is 5.52. The van der Waals surface area contributed by atoms with Crippen molar-refractivity contribution in [3.63, 3.8) is 0 Å². The lowest BCUT2D eigenvalue weighted by Crippen LogP contribution is -2.13. The molecule has 5 aromatic rings. The summed E-state index contributed by atoms with van der Waals surface area (Å²) in [6.07, 6.45) is 0. The molecule has 0 saturated heterocycles. The van der Waals surface area contributed by atoms with Crippen molar-refractivity contribution < 1.29 is 9.53 Å². The average Bonchev–Trinajstić information content (AvgIpc) is 3.56. The molecule has 7 nitrogen and oxygen atoms in total. The number of rotatable bonds is 6. The lowest BCUT2D eigenvalue weighted by Gasteiger charge is -2.08. The summed E-state index contributed by atoms with van der Waals surface area (Å²) in [6, 6.07) is 24.8. The normalized spacial score (nSPS) is 10.7. The van der Waals surface area contributed by atoms with Gasteiger partial charge in [0, 0.05) is 22.1 Å². The number of thiazole rings is 1. The SMILES string of the molecule is COc1ccc(-c2nc(C(=O)Nc3ccccc3-c3nc(-c4ccccc4)n[nH]3)cs2)cc1. The molecule has 0 bridgehead atoms. The molecule has 0 atom stereocenters. The van der Waals surface area contributed by atoms with Gasteiger partial charge in [-0.1, -0.05) is 42.5 Å². The van der Waals surface area contributed by atoms with Gasteiger partial charge in [0.05, 0.1) is 12.8 Å². The van der Waals surface area contributed by atoms with Crippen LogP contribution in [-0.2, 0) is 0 Å². The fourth-order valence-electron chi connectivity index (χ4n) is 3.33. The largest absolute Gasteiger partial charge is 0.497 e. The van der Waals surface area contributed by atoms with Gasteiger partial charge < -0.3 is 10.1 Å². The molecular formula is C25H19N5O2S. The molecule has 0 radical (unpaired) electrons. The number of benzene rings is 3. The molecule has 3 aromatic carbocycles. The van der Waals surface area contributed by atoms with Crippen molar-refractivity contribution in [1.82, 2.24) is 20.2 Å². The van der Waals surface area contributed by atoms with Gasteiger partial charge in [0.15, 0.2) is 11.6 Å². The van der Waals surface area contributed by atoms with E-state index in [4.69, 9.17) is 4.74 Å². The highest BCUT2D eigenvalue weighted by Crippen LogP contribution is 2.29. The number of amides is 1. The third-order valence-corrected chi connectivity index (χ3v) is 5.91. The third kappa shape index (κ3) is 4.37. The molecule has 162 valence electrons. The van der Waals surface area contributed by atoms with Crippen LogP contribution < -0.4 is 10.1 Å². The molecule has 33 heavy (non-hydrogen) atoms. The molecule has 2 aromatic heterocycles. The number of aromatic amines is 1. The number of nitrogens with zero attached hydrogens (tertiary/aromatic N) is 3. The van der Waals surface area contributed by atoms with E-state index in [-0.39, 0.29) is 5.91 Å². The molecule has 0 fully saturated rings. The van der Waals surface area contributed by atoms with Crippen LogP contribution in [0.1, 0.15) is 10.5 Å². The minimum Gasteiger partial charge on any atom is -0.497 e. The molecule has 1 amide bonds. The maximum atomic E-state index is 12.9. The summed E-state index contributed by atoms with van der Waals surface area (Å²) >= 11 is 1.42. The average molecular weight is 454 g/mol. The Morgan fingerprint density at radius 2 is 1.67 bits per heavy atom. The topological polar surface area (TPSA) is 92.8 Å². The number of para-hydroxylation sites is 1. The number of ether oxygens (including phenoxy) is 1. The van der Waals surface area contributed by atoms with Gasteiger partial charge in [0.25, 0.3) is 5.91 Å². The Hall–Kier alpha value is -4.30. The Morgan fingerprint density at radius 3 is 2.45 bits per heavy atom. The van der Waals surface area contributed by atoms with E-state index in [0.29, 0.717) is 23.0 Å². The molecule has 5 rings (SSSR count). The summed E-state index contributed by atoms with van der Waals surface area (Å²) in [5.74, 6) is 1.64. The number of anilines is 1. The first-order valence-electron chi connectivity index (χ1n) is 10.2. The van der Waals surface area contributed by atoms with Crippen molar-refractivity contribution in [3.8, 4) is 39.1 Å². The first kappa shape index (κ1) is 20.6. The van der Waals surface area contributed by atoms with Crippen LogP contribution in [0.25, 0.3) is 33.3 Å².